The Morgan fingerprint density at radius 2 is 1.76 bits per heavy atom. The number of halogens is 1. The first-order valence-electron chi connectivity index (χ1n) is 11.3. The molecule has 1 amide bonds. The quantitative estimate of drug-likeness (QED) is 0.593. The molecule has 1 atom stereocenters. The summed E-state index contributed by atoms with van der Waals surface area (Å²) in [5.74, 6) is 0.0331. The number of rotatable bonds is 7. The summed E-state index contributed by atoms with van der Waals surface area (Å²) < 4.78 is 33.4. The lowest BCUT2D eigenvalue weighted by molar-refractivity contribution is -0.126. The van der Waals surface area contributed by atoms with Gasteiger partial charge in [0.2, 0.25) is 15.9 Å². The van der Waals surface area contributed by atoms with Crippen LogP contribution in [0.1, 0.15) is 55.0 Å². The number of benzene rings is 2. The maximum atomic E-state index is 13.3. The predicted molar refractivity (Wildman–Crippen MR) is 131 cm³/mol. The van der Waals surface area contributed by atoms with Crippen molar-refractivity contribution in [2.45, 2.75) is 58.4 Å². The summed E-state index contributed by atoms with van der Waals surface area (Å²) in [6.45, 7) is 10.9. The van der Waals surface area contributed by atoms with Gasteiger partial charge in [0.1, 0.15) is 10.6 Å². The zero-order valence-electron chi connectivity index (χ0n) is 19.9. The van der Waals surface area contributed by atoms with Gasteiger partial charge in [-0.25, -0.2) is 8.42 Å². The van der Waals surface area contributed by atoms with E-state index in [-0.39, 0.29) is 35.9 Å². The minimum absolute atomic E-state index is 0.0325. The molecule has 0 radical (unpaired) electrons. The zero-order valence-corrected chi connectivity index (χ0v) is 21.5. The largest absolute Gasteiger partial charge is 0.492 e. The Morgan fingerprint density at radius 3 is 2.39 bits per heavy atom. The highest BCUT2D eigenvalue weighted by Crippen LogP contribution is 2.32. The summed E-state index contributed by atoms with van der Waals surface area (Å²) in [6.07, 6.45) is 0.933. The molecule has 180 valence electrons. The molecule has 0 saturated carbocycles. The number of sulfonamides is 1. The lowest BCUT2D eigenvalue weighted by Crippen LogP contribution is -2.43. The monoisotopic (exact) mass is 492 g/mol. The SMILES string of the molecule is CCOc1ccc(Cl)cc1S(=O)(=O)N1CCC(C(=O)N[C@@H](C)c2cc(C)c(C)cc2C)CC1. The molecule has 2 aromatic carbocycles. The third-order valence-corrected chi connectivity index (χ3v) is 8.51. The van der Waals surface area contributed by atoms with Gasteiger partial charge in [0.05, 0.1) is 12.6 Å². The first kappa shape index (κ1) is 25.5. The van der Waals surface area contributed by atoms with Gasteiger partial charge in [-0.15, -0.1) is 0 Å². The number of nitrogens with zero attached hydrogens (tertiary/aromatic N) is 1. The molecule has 0 spiro atoms. The fraction of sp³-hybridized carbons (Fsp3) is 0.480. The van der Waals surface area contributed by atoms with Crippen LogP contribution in [0.15, 0.2) is 35.2 Å². The van der Waals surface area contributed by atoms with Crippen LogP contribution in [0.5, 0.6) is 5.75 Å². The van der Waals surface area contributed by atoms with E-state index in [0.717, 1.165) is 11.1 Å². The van der Waals surface area contributed by atoms with Crippen molar-refractivity contribution in [3.8, 4) is 5.75 Å². The van der Waals surface area contributed by atoms with Crippen molar-refractivity contribution in [1.82, 2.24) is 9.62 Å². The van der Waals surface area contributed by atoms with Crippen LogP contribution in [0.2, 0.25) is 5.02 Å². The van der Waals surface area contributed by atoms with Gasteiger partial charge in [-0.05, 0) is 87.9 Å². The molecule has 0 bridgehead atoms. The lowest BCUT2D eigenvalue weighted by atomic mass is 9.94. The molecule has 3 rings (SSSR count). The maximum Gasteiger partial charge on any atom is 0.246 e. The standard InChI is InChI=1S/C25H33ClN2O4S/c1-6-32-23-8-7-21(26)15-24(23)33(30,31)28-11-9-20(10-12-28)25(29)27-19(5)22-14-17(3)16(2)13-18(22)4/h7-8,13-15,19-20H,6,9-12H2,1-5H3,(H,27,29)/t19-/m0/s1. The highest BCUT2D eigenvalue weighted by Gasteiger charge is 2.34. The summed E-state index contributed by atoms with van der Waals surface area (Å²) in [5.41, 5.74) is 4.69. The second-order valence-corrected chi connectivity index (χ2v) is 11.1. The van der Waals surface area contributed by atoms with Crippen LogP contribution in [0, 0.1) is 26.7 Å². The number of hydrogen-bond acceptors (Lipinski definition) is 4. The molecule has 33 heavy (non-hydrogen) atoms. The van der Waals surface area contributed by atoms with E-state index in [4.69, 9.17) is 16.3 Å². The first-order chi connectivity index (χ1) is 15.5. The van der Waals surface area contributed by atoms with E-state index in [1.54, 1.807) is 19.1 Å². The molecule has 0 aliphatic carbocycles. The van der Waals surface area contributed by atoms with Gasteiger partial charge >= 0.3 is 0 Å². The second kappa shape index (κ2) is 10.5. The lowest BCUT2D eigenvalue weighted by Gasteiger charge is -2.31. The molecule has 8 heteroatoms. The van der Waals surface area contributed by atoms with Gasteiger partial charge in [0, 0.05) is 24.0 Å². The average molecular weight is 493 g/mol. The van der Waals surface area contributed by atoms with Crippen molar-refractivity contribution in [2.75, 3.05) is 19.7 Å². The van der Waals surface area contributed by atoms with Crippen LogP contribution >= 0.6 is 11.6 Å². The van der Waals surface area contributed by atoms with E-state index in [0.29, 0.717) is 30.2 Å². The maximum absolute atomic E-state index is 13.3. The van der Waals surface area contributed by atoms with Crippen molar-refractivity contribution in [3.63, 3.8) is 0 Å². The van der Waals surface area contributed by atoms with Gasteiger partial charge in [0.15, 0.2) is 0 Å². The van der Waals surface area contributed by atoms with Crippen molar-refractivity contribution >= 4 is 27.5 Å². The Hall–Kier alpha value is -2.09. The molecule has 1 aliphatic heterocycles. The van der Waals surface area contributed by atoms with Crippen LogP contribution in [0.3, 0.4) is 0 Å². The van der Waals surface area contributed by atoms with Crippen LogP contribution < -0.4 is 10.1 Å². The van der Waals surface area contributed by atoms with E-state index in [9.17, 15) is 13.2 Å². The number of ether oxygens (including phenoxy) is 1. The van der Waals surface area contributed by atoms with Gasteiger partial charge < -0.3 is 10.1 Å². The number of carbonyl (C=O) groups is 1. The summed E-state index contributed by atoms with van der Waals surface area (Å²) in [6, 6.07) is 8.78. The summed E-state index contributed by atoms with van der Waals surface area (Å²) in [5, 5.41) is 3.46. The Bertz CT molecular complexity index is 1130. The number of piperidine rings is 1. The fourth-order valence-corrected chi connectivity index (χ4v) is 6.18. The number of hydrogen-bond donors (Lipinski definition) is 1. The molecule has 1 aliphatic rings. The predicted octanol–water partition coefficient (Wildman–Crippen LogP) is 4.94. The van der Waals surface area contributed by atoms with Crippen LogP contribution in [-0.2, 0) is 14.8 Å². The fourth-order valence-electron chi connectivity index (χ4n) is 4.31. The van der Waals surface area contributed by atoms with Crippen molar-refractivity contribution in [2.24, 2.45) is 5.92 Å². The Labute approximate surface area is 202 Å². The van der Waals surface area contributed by atoms with Gasteiger partial charge in [-0.3, -0.25) is 4.79 Å². The van der Waals surface area contributed by atoms with Crippen molar-refractivity contribution in [1.29, 1.82) is 0 Å². The Morgan fingerprint density at radius 1 is 1.12 bits per heavy atom. The van der Waals surface area contributed by atoms with Crippen LogP contribution in [-0.4, -0.2) is 38.3 Å². The molecule has 1 saturated heterocycles. The molecule has 0 unspecified atom stereocenters. The smallest absolute Gasteiger partial charge is 0.246 e. The van der Waals surface area contributed by atoms with E-state index in [1.807, 2.05) is 6.92 Å². The Balaban J connectivity index is 1.67. The zero-order chi connectivity index (χ0) is 24.3. The molecule has 0 aromatic heterocycles. The normalized spacial score (nSPS) is 16.4. The van der Waals surface area contributed by atoms with Gasteiger partial charge in [-0.2, -0.15) is 4.31 Å². The molecule has 1 N–H and O–H groups in total. The van der Waals surface area contributed by atoms with E-state index >= 15 is 0 Å². The topological polar surface area (TPSA) is 75.7 Å². The summed E-state index contributed by atoms with van der Waals surface area (Å²) in [4.78, 5) is 13.0. The van der Waals surface area contributed by atoms with Crippen molar-refractivity contribution < 1.29 is 17.9 Å². The highest BCUT2D eigenvalue weighted by atomic mass is 35.5. The molecule has 2 aromatic rings. The molecule has 6 nitrogen and oxygen atoms in total. The van der Waals surface area contributed by atoms with E-state index < -0.39 is 10.0 Å². The van der Waals surface area contributed by atoms with Crippen LogP contribution in [0.25, 0.3) is 0 Å². The second-order valence-electron chi connectivity index (χ2n) is 8.73. The van der Waals surface area contributed by atoms with Gasteiger partial charge in [-0.1, -0.05) is 23.7 Å². The summed E-state index contributed by atoms with van der Waals surface area (Å²) >= 11 is 6.06. The minimum Gasteiger partial charge on any atom is -0.492 e. The third kappa shape index (κ3) is 5.70. The minimum atomic E-state index is -3.77. The van der Waals surface area contributed by atoms with Crippen LogP contribution in [0.4, 0.5) is 0 Å². The highest BCUT2D eigenvalue weighted by molar-refractivity contribution is 7.89. The molecule has 1 fully saturated rings. The molecular formula is C25H33ClN2O4S. The first-order valence-corrected chi connectivity index (χ1v) is 13.2. The number of nitrogens with one attached hydrogen (secondary N) is 1. The van der Waals surface area contributed by atoms with Crippen molar-refractivity contribution in [3.05, 3.63) is 57.6 Å². The number of aryl methyl sites for hydroxylation is 3. The Kier molecular flexibility index (Phi) is 8.08. The molecule has 1 heterocycles. The average Bonchev–Trinajstić information content (AvgIpc) is 2.77. The molecular weight excluding hydrogens is 460 g/mol. The van der Waals surface area contributed by atoms with E-state index in [2.05, 4.69) is 38.2 Å². The van der Waals surface area contributed by atoms with Gasteiger partial charge in [0.25, 0.3) is 0 Å². The summed E-state index contributed by atoms with van der Waals surface area (Å²) in [7, 11) is -3.77. The van der Waals surface area contributed by atoms with E-state index in [1.165, 1.54) is 21.5 Å². The third-order valence-electron chi connectivity index (χ3n) is 6.36. The number of amides is 1. The number of carbonyl (C=O) groups excluding carboxylic acids is 1.